The van der Waals surface area contributed by atoms with E-state index in [1.807, 2.05) is 31.2 Å². The van der Waals surface area contributed by atoms with E-state index < -0.39 is 15.9 Å². The maximum absolute atomic E-state index is 12.1. The molecule has 7 heteroatoms. The molecule has 0 aromatic heterocycles. The van der Waals surface area contributed by atoms with E-state index in [2.05, 4.69) is 47.9 Å². The Hall–Kier alpha value is -2.09. The van der Waals surface area contributed by atoms with Gasteiger partial charge in [-0.25, -0.2) is 8.42 Å². The molecule has 0 radical (unpaired) electrons. The number of hydrogen-bond acceptors (Lipinski definition) is 6. The first-order valence-electron chi connectivity index (χ1n) is 11.5. The van der Waals surface area contributed by atoms with Gasteiger partial charge in [0.2, 0.25) is 0 Å². The summed E-state index contributed by atoms with van der Waals surface area (Å²) in [5.74, 6) is 1.12. The first-order valence-corrected chi connectivity index (χ1v) is 13.3. The molecule has 6 nitrogen and oxygen atoms in total. The lowest BCUT2D eigenvalue weighted by Gasteiger charge is -2.30. The summed E-state index contributed by atoms with van der Waals surface area (Å²) in [4.78, 5) is 4.39. The van der Waals surface area contributed by atoms with Crippen molar-refractivity contribution in [2.75, 3.05) is 42.6 Å². The fourth-order valence-corrected chi connectivity index (χ4v) is 6.03. The number of nitrogens with zero attached hydrogens (tertiary/aromatic N) is 2. The Bertz CT molecular complexity index is 958. The molecule has 1 fully saturated rings. The molecule has 176 valence electrons. The van der Waals surface area contributed by atoms with Crippen LogP contribution in [-0.4, -0.2) is 68.3 Å². The van der Waals surface area contributed by atoms with Gasteiger partial charge in [0.1, 0.15) is 18.5 Å². The monoisotopic (exact) mass is 460 g/mol. The Kier molecular flexibility index (Phi) is 8.57. The number of sulfone groups is 1. The second-order valence-corrected chi connectivity index (χ2v) is 10.8. The number of ether oxygens (including phenoxy) is 1. The molecule has 1 aliphatic heterocycles. The zero-order valence-corrected chi connectivity index (χ0v) is 20.2. The van der Waals surface area contributed by atoms with Crippen LogP contribution in [0.5, 0.6) is 5.75 Å². The molecule has 1 aliphatic rings. The molecule has 2 unspecified atom stereocenters. The molecule has 2 aromatic rings. The highest BCUT2D eigenvalue weighted by Crippen LogP contribution is 2.23. The Morgan fingerprint density at radius 1 is 1.09 bits per heavy atom. The van der Waals surface area contributed by atoms with Crippen LogP contribution >= 0.6 is 0 Å². The molecule has 2 aromatic carbocycles. The largest absolute Gasteiger partial charge is 0.491 e. The zero-order valence-electron chi connectivity index (χ0n) is 19.4. The summed E-state index contributed by atoms with van der Waals surface area (Å²) in [7, 11) is -3.02. The van der Waals surface area contributed by atoms with Crippen LogP contribution in [0, 0.1) is 6.92 Å². The van der Waals surface area contributed by atoms with Crippen LogP contribution < -0.4 is 9.64 Å². The number of para-hydroxylation sites is 1. The average Bonchev–Trinajstić information content (AvgIpc) is 3.14. The molecule has 0 aliphatic carbocycles. The molecule has 0 saturated carbocycles. The van der Waals surface area contributed by atoms with Gasteiger partial charge in [-0.05, 0) is 56.5 Å². The summed E-state index contributed by atoms with van der Waals surface area (Å²) in [6.45, 7) is 9.29. The number of rotatable bonds is 11. The summed E-state index contributed by atoms with van der Waals surface area (Å²) >= 11 is 0. The Balaban J connectivity index is 1.67. The molecule has 0 amide bonds. The summed E-state index contributed by atoms with van der Waals surface area (Å²) in [6.07, 6.45) is -0.113. The van der Waals surface area contributed by atoms with Crippen molar-refractivity contribution in [3.63, 3.8) is 0 Å². The third kappa shape index (κ3) is 6.70. The second-order valence-electron chi connectivity index (χ2n) is 8.56. The molecule has 2 atom stereocenters. The van der Waals surface area contributed by atoms with Crippen molar-refractivity contribution >= 4 is 15.5 Å². The van der Waals surface area contributed by atoms with Gasteiger partial charge in [0.05, 0.1) is 11.5 Å². The van der Waals surface area contributed by atoms with E-state index in [4.69, 9.17) is 4.74 Å². The minimum atomic E-state index is -3.02. The number of aliphatic hydroxyl groups is 1. The van der Waals surface area contributed by atoms with Gasteiger partial charge in [0.25, 0.3) is 0 Å². The van der Waals surface area contributed by atoms with Gasteiger partial charge in [-0.2, -0.15) is 0 Å². The summed E-state index contributed by atoms with van der Waals surface area (Å²) in [6, 6.07) is 16.1. The number of aryl methyl sites for hydroxylation is 1. The van der Waals surface area contributed by atoms with Gasteiger partial charge in [-0.3, -0.25) is 4.90 Å². The highest BCUT2D eigenvalue weighted by atomic mass is 32.2. The number of anilines is 1. The maximum Gasteiger partial charge on any atom is 0.151 e. The molecular weight excluding hydrogens is 424 g/mol. The van der Waals surface area contributed by atoms with E-state index >= 15 is 0 Å². The molecule has 3 rings (SSSR count). The van der Waals surface area contributed by atoms with Gasteiger partial charge in [0.15, 0.2) is 9.84 Å². The van der Waals surface area contributed by atoms with Gasteiger partial charge in [-0.15, -0.1) is 0 Å². The molecule has 1 saturated heterocycles. The molecule has 0 bridgehead atoms. The predicted octanol–water partition coefficient (Wildman–Crippen LogP) is 3.27. The first kappa shape index (κ1) is 24.6. The van der Waals surface area contributed by atoms with Crippen LogP contribution in [0.2, 0.25) is 0 Å². The van der Waals surface area contributed by atoms with Crippen molar-refractivity contribution in [2.24, 2.45) is 0 Å². The van der Waals surface area contributed by atoms with Crippen LogP contribution in [-0.2, 0) is 16.4 Å². The summed E-state index contributed by atoms with van der Waals surface area (Å²) < 4.78 is 30.0. The predicted molar refractivity (Wildman–Crippen MR) is 130 cm³/mol. The maximum atomic E-state index is 12.1. The topological polar surface area (TPSA) is 70.1 Å². The standard InChI is InChI=1S/C25H36N2O4S/c1-4-26(5-2)22-12-10-21(11-13-22)16-27(23-14-15-32(29,30)19-23)17-24(28)18-31-25-9-7-6-8-20(25)3/h6-13,23-24,28H,4-5,14-19H2,1-3H3. The minimum Gasteiger partial charge on any atom is -0.491 e. The fraction of sp³-hybridized carbons (Fsp3) is 0.520. The fourth-order valence-electron chi connectivity index (χ4n) is 4.27. The van der Waals surface area contributed by atoms with Crippen molar-refractivity contribution in [1.29, 1.82) is 0 Å². The molecular formula is C25H36N2O4S. The normalized spacial score (nSPS) is 18.6. The quantitative estimate of drug-likeness (QED) is 0.555. The van der Waals surface area contributed by atoms with E-state index in [1.54, 1.807) is 0 Å². The van der Waals surface area contributed by atoms with Crippen molar-refractivity contribution in [1.82, 2.24) is 4.90 Å². The van der Waals surface area contributed by atoms with Gasteiger partial charge >= 0.3 is 0 Å². The first-order chi connectivity index (χ1) is 15.3. The molecule has 0 spiro atoms. The SMILES string of the molecule is CCN(CC)c1ccc(CN(CC(O)COc2ccccc2C)C2CCS(=O)(=O)C2)cc1. The van der Waals surface area contributed by atoms with Crippen LogP contribution in [0.25, 0.3) is 0 Å². The lowest BCUT2D eigenvalue weighted by atomic mass is 10.1. The number of hydrogen-bond donors (Lipinski definition) is 1. The lowest BCUT2D eigenvalue weighted by molar-refractivity contribution is 0.0523. The van der Waals surface area contributed by atoms with Crippen LogP contribution in [0.3, 0.4) is 0 Å². The second kappa shape index (κ2) is 11.2. The zero-order chi connectivity index (χ0) is 23.1. The Morgan fingerprint density at radius 3 is 2.38 bits per heavy atom. The van der Waals surface area contributed by atoms with Crippen molar-refractivity contribution in [2.45, 2.75) is 45.9 Å². The average molecular weight is 461 g/mol. The number of aliphatic hydroxyl groups excluding tert-OH is 1. The Labute approximate surface area is 192 Å². The van der Waals surface area contributed by atoms with Crippen molar-refractivity contribution in [3.05, 3.63) is 59.7 Å². The van der Waals surface area contributed by atoms with E-state index in [-0.39, 0.29) is 24.2 Å². The third-order valence-corrected chi connectivity index (χ3v) is 7.90. The van der Waals surface area contributed by atoms with Crippen LogP contribution in [0.15, 0.2) is 48.5 Å². The van der Waals surface area contributed by atoms with Crippen molar-refractivity contribution < 1.29 is 18.3 Å². The van der Waals surface area contributed by atoms with E-state index in [0.29, 0.717) is 19.5 Å². The molecule has 1 heterocycles. The van der Waals surface area contributed by atoms with Gasteiger partial charge < -0.3 is 14.7 Å². The highest BCUT2D eigenvalue weighted by Gasteiger charge is 2.33. The van der Waals surface area contributed by atoms with Gasteiger partial charge in [-0.1, -0.05) is 30.3 Å². The molecule has 32 heavy (non-hydrogen) atoms. The number of benzene rings is 2. The van der Waals surface area contributed by atoms with Crippen molar-refractivity contribution in [3.8, 4) is 5.75 Å². The van der Waals surface area contributed by atoms with E-state index in [0.717, 1.165) is 30.0 Å². The summed E-state index contributed by atoms with van der Waals surface area (Å²) in [5.41, 5.74) is 3.31. The third-order valence-electron chi connectivity index (χ3n) is 6.15. The van der Waals surface area contributed by atoms with Crippen LogP contribution in [0.4, 0.5) is 5.69 Å². The van der Waals surface area contributed by atoms with E-state index in [1.165, 1.54) is 5.69 Å². The van der Waals surface area contributed by atoms with Gasteiger partial charge in [0, 0.05) is 37.9 Å². The smallest absolute Gasteiger partial charge is 0.151 e. The Morgan fingerprint density at radius 2 is 1.78 bits per heavy atom. The molecule has 1 N–H and O–H groups in total. The minimum absolute atomic E-state index is 0.0874. The highest BCUT2D eigenvalue weighted by molar-refractivity contribution is 7.91. The summed E-state index contributed by atoms with van der Waals surface area (Å²) in [5, 5.41) is 10.7. The van der Waals surface area contributed by atoms with E-state index in [9.17, 15) is 13.5 Å². The lowest BCUT2D eigenvalue weighted by Crippen LogP contribution is -2.42. The van der Waals surface area contributed by atoms with Crippen LogP contribution in [0.1, 0.15) is 31.4 Å².